The van der Waals surface area contributed by atoms with Crippen LogP contribution in [0.25, 0.3) is 0 Å². The van der Waals surface area contributed by atoms with E-state index in [1.54, 1.807) is 12.4 Å². The predicted octanol–water partition coefficient (Wildman–Crippen LogP) is 2.10. The molecule has 2 aromatic rings. The normalized spacial score (nSPS) is 10.6. The first-order valence-corrected chi connectivity index (χ1v) is 6.19. The third-order valence-corrected chi connectivity index (χ3v) is 2.82. The Balaban J connectivity index is 1.80. The molecule has 5 heteroatoms. The van der Waals surface area contributed by atoms with Crippen LogP contribution >= 0.6 is 0 Å². The third kappa shape index (κ3) is 3.06. The van der Waals surface area contributed by atoms with Crippen molar-refractivity contribution >= 4 is 5.82 Å². The lowest BCUT2D eigenvalue weighted by Crippen LogP contribution is -2.10. The zero-order chi connectivity index (χ0) is 13.0. The lowest BCUT2D eigenvalue weighted by Gasteiger charge is -2.08. The second-order valence-corrected chi connectivity index (χ2v) is 4.42. The van der Waals surface area contributed by atoms with Crippen molar-refractivity contribution in [3.8, 4) is 0 Å². The minimum Gasteiger partial charge on any atom is -0.369 e. The van der Waals surface area contributed by atoms with Crippen molar-refractivity contribution in [2.75, 3.05) is 11.9 Å². The lowest BCUT2D eigenvalue weighted by molar-refractivity contribution is 0.573. The monoisotopic (exact) mass is 245 g/mol. The summed E-state index contributed by atoms with van der Waals surface area (Å²) >= 11 is 0. The topological polar surface area (TPSA) is 55.6 Å². The Morgan fingerprint density at radius 2 is 1.94 bits per heavy atom. The fourth-order valence-electron chi connectivity index (χ4n) is 1.92. The average molecular weight is 245 g/mol. The van der Waals surface area contributed by atoms with Gasteiger partial charge in [0.1, 0.15) is 5.82 Å². The van der Waals surface area contributed by atoms with E-state index in [9.17, 15) is 0 Å². The van der Waals surface area contributed by atoms with Gasteiger partial charge >= 0.3 is 0 Å². The van der Waals surface area contributed by atoms with Crippen molar-refractivity contribution in [3.05, 3.63) is 35.5 Å². The summed E-state index contributed by atoms with van der Waals surface area (Å²) in [7, 11) is 0. The summed E-state index contributed by atoms with van der Waals surface area (Å²) in [5.74, 6) is 0.867. The molecule has 0 aliphatic heterocycles. The Morgan fingerprint density at radius 1 is 1.17 bits per heavy atom. The molecule has 5 nitrogen and oxygen atoms in total. The van der Waals surface area contributed by atoms with Crippen molar-refractivity contribution in [2.45, 2.75) is 33.7 Å². The summed E-state index contributed by atoms with van der Waals surface area (Å²) in [4.78, 5) is 8.44. The van der Waals surface area contributed by atoms with Crippen molar-refractivity contribution < 1.29 is 0 Å². The maximum absolute atomic E-state index is 4.43. The summed E-state index contributed by atoms with van der Waals surface area (Å²) in [5, 5.41) is 7.73. The van der Waals surface area contributed by atoms with Crippen LogP contribution < -0.4 is 5.32 Å². The fraction of sp³-hybridized carbons (Fsp3) is 0.462. The summed E-state index contributed by atoms with van der Waals surface area (Å²) in [6.07, 6.45) is 4.42. The molecule has 2 heterocycles. The van der Waals surface area contributed by atoms with Crippen molar-refractivity contribution in [1.82, 2.24) is 19.7 Å². The Bertz CT molecular complexity index is 518. The van der Waals surface area contributed by atoms with E-state index in [2.05, 4.69) is 33.4 Å². The number of nitrogens with one attached hydrogen (secondary N) is 1. The molecule has 0 saturated carbocycles. The van der Waals surface area contributed by atoms with Crippen LogP contribution in [0.3, 0.4) is 0 Å². The Hall–Kier alpha value is -1.91. The third-order valence-electron chi connectivity index (χ3n) is 2.82. The Labute approximate surface area is 107 Å². The number of aromatic nitrogens is 4. The van der Waals surface area contributed by atoms with E-state index < -0.39 is 0 Å². The van der Waals surface area contributed by atoms with Crippen LogP contribution in [0.4, 0.5) is 5.82 Å². The molecular formula is C13H19N5. The van der Waals surface area contributed by atoms with Crippen LogP contribution in [-0.4, -0.2) is 26.3 Å². The van der Waals surface area contributed by atoms with Crippen LogP contribution in [0.1, 0.15) is 23.5 Å². The van der Waals surface area contributed by atoms with Gasteiger partial charge in [-0.2, -0.15) is 5.10 Å². The van der Waals surface area contributed by atoms with E-state index in [1.807, 2.05) is 18.5 Å². The molecule has 1 N–H and O–H groups in total. The number of hydrogen-bond donors (Lipinski definition) is 1. The molecule has 0 spiro atoms. The highest BCUT2D eigenvalue weighted by atomic mass is 15.3. The zero-order valence-electron chi connectivity index (χ0n) is 11.1. The molecule has 0 unspecified atom stereocenters. The van der Waals surface area contributed by atoms with Gasteiger partial charge in [0.2, 0.25) is 0 Å². The summed E-state index contributed by atoms with van der Waals surface area (Å²) in [6, 6.07) is 2.10. The highest BCUT2D eigenvalue weighted by molar-refractivity contribution is 5.37. The largest absolute Gasteiger partial charge is 0.369 e. The first-order chi connectivity index (χ1) is 8.66. The van der Waals surface area contributed by atoms with Crippen LogP contribution in [0.5, 0.6) is 0 Å². The smallest absolute Gasteiger partial charge is 0.147 e. The number of nitrogens with zero attached hydrogens (tertiary/aromatic N) is 4. The molecule has 0 aromatic carbocycles. The number of hydrogen-bond acceptors (Lipinski definition) is 4. The summed E-state index contributed by atoms with van der Waals surface area (Å²) < 4.78 is 2.04. The molecule has 96 valence electrons. The molecule has 0 radical (unpaired) electrons. The van der Waals surface area contributed by atoms with Gasteiger partial charge in [-0.1, -0.05) is 0 Å². The molecule has 2 rings (SSSR count). The molecule has 0 saturated heterocycles. The SMILES string of the molecule is Cc1cc(C)n(CCCNc2nccnc2C)n1. The molecule has 0 bridgehead atoms. The molecule has 0 aliphatic carbocycles. The highest BCUT2D eigenvalue weighted by Crippen LogP contribution is 2.06. The quantitative estimate of drug-likeness (QED) is 0.820. The number of anilines is 1. The van der Waals surface area contributed by atoms with Crippen LogP contribution in [0, 0.1) is 20.8 Å². The van der Waals surface area contributed by atoms with Gasteiger partial charge in [0.25, 0.3) is 0 Å². The van der Waals surface area contributed by atoms with E-state index in [-0.39, 0.29) is 0 Å². The van der Waals surface area contributed by atoms with E-state index in [0.29, 0.717) is 0 Å². The fourth-order valence-corrected chi connectivity index (χ4v) is 1.92. The molecular weight excluding hydrogens is 226 g/mol. The van der Waals surface area contributed by atoms with E-state index in [1.165, 1.54) is 5.69 Å². The number of aryl methyl sites for hydroxylation is 4. The van der Waals surface area contributed by atoms with Gasteiger partial charge < -0.3 is 5.32 Å². The maximum Gasteiger partial charge on any atom is 0.147 e. The average Bonchev–Trinajstić information content (AvgIpc) is 2.65. The first kappa shape index (κ1) is 12.5. The second-order valence-electron chi connectivity index (χ2n) is 4.42. The van der Waals surface area contributed by atoms with Crippen molar-refractivity contribution in [2.24, 2.45) is 0 Å². The second kappa shape index (κ2) is 5.62. The van der Waals surface area contributed by atoms with Gasteiger partial charge in [-0.25, -0.2) is 4.98 Å². The van der Waals surface area contributed by atoms with E-state index in [0.717, 1.165) is 36.7 Å². The lowest BCUT2D eigenvalue weighted by atomic mass is 10.3. The molecule has 0 atom stereocenters. The molecule has 2 aromatic heterocycles. The predicted molar refractivity (Wildman–Crippen MR) is 71.6 cm³/mol. The van der Waals surface area contributed by atoms with E-state index >= 15 is 0 Å². The molecule has 0 aliphatic rings. The minimum absolute atomic E-state index is 0.867. The standard InChI is InChI=1S/C13H19N5/c1-10-9-11(2)18(17-10)8-4-5-15-13-12(3)14-6-7-16-13/h6-7,9H,4-5,8H2,1-3H3,(H,15,16). The Kier molecular flexibility index (Phi) is 3.92. The van der Waals surface area contributed by atoms with Gasteiger partial charge in [0, 0.05) is 31.2 Å². The van der Waals surface area contributed by atoms with E-state index in [4.69, 9.17) is 0 Å². The van der Waals surface area contributed by atoms with Crippen LogP contribution in [-0.2, 0) is 6.54 Å². The van der Waals surface area contributed by atoms with Crippen molar-refractivity contribution in [3.63, 3.8) is 0 Å². The molecule has 0 amide bonds. The van der Waals surface area contributed by atoms with Gasteiger partial charge in [-0.05, 0) is 33.3 Å². The van der Waals surface area contributed by atoms with Gasteiger partial charge in [-0.15, -0.1) is 0 Å². The first-order valence-electron chi connectivity index (χ1n) is 6.19. The minimum atomic E-state index is 0.867. The zero-order valence-corrected chi connectivity index (χ0v) is 11.1. The van der Waals surface area contributed by atoms with Crippen molar-refractivity contribution in [1.29, 1.82) is 0 Å². The van der Waals surface area contributed by atoms with Crippen LogP contribution in [0.15, 0.2) is 18.5 Å². The Morgan fingerprint density at radius 3 is 2.61 bits per heavy atom. The molecule has 0 fully saturated rings. The van der Waals surface area contributed by atoms with Gasteiger partial charge in [0.15, 0.2) is 0 Å². The maximum atomic E-state index is 4.43. The van der Waals surface area contributed by atoms with Gasteiger partial charge in [0.05, 0.1) is 11.4 Å². The van der Waals surface area contributed by atoms with Gasteiger partial charge in [-0.3, -0.25) is 9.67 Å². The molecule has 18 heavy (non-hydrogen) atoms. The highest BCUT2D eigenvalue weighted by Gasteiger charge is 2.01. The summed E-state index contributed by atoms with van der Waals surface area (Å²) in [5.41, 5.74) is 3.22. The summed E-state index contributed by atoms with van der Waals surface area (Å²) in [6.45, 7) is 7.85. The number of rotatable bonds is 5. The van der Waals surface area contributed by atoms with Crippen LogP contribution in [0.2, 0.25) is 0 Å².